The van der Waals surface area contributed by atoms with Gasteiger partial charge in [0.2, 0.25) is 0 Å². The molecule has 0 saturated carbocycles. The van der Waals surface area contributed by atoms with E-state index in [1.54, 1.807) is 11.1 Å². The van der Waals surface area contributed by atoms with E-state index in [0.29, 0.717) is 0 Å². The Labute approximate surface area is 708 Å². The monoisotopic (exact) mass is 1540 g/mol. The summed E-state index contributed by atoms with van der Waals surface area (Å²) < 4.78 is 0. The Kier molecular flexibility index (Phi) is 16.5. The van der Waals surface area contributed by atoms with Crippen LogP contribution in [0.1, 0.15) is 176 Å². The Bertz CT molecular complexity index is 6850. The largest absolute Gasteiger partial charge is 0.310 e. The third-order valence-electron chi connectivity index (χ3n) is 29.5. The molecule has 0 N–H and O–H groups in total. The first-order valence-electron chi connectivity index (χ1n) is 44.1. The summed E-state index contributed by atoms with van der Waals surface area (Å²) in [5, 5.41) is 0. The highest BCUT2D eigenvalue weighted by atomic mass is 15.2. The molecule has 16 aromatic carbocycles. The Morgan fingerprint density at radius 3 is 0.800 bits per heavy atom. The first kappa shape index (κ1) is 72.4. The van der Waals surface area contributed by atoms with Gasteiger partial charge in [-0.05, 0) is 365 Å². The van der Waals surface area contributed by atoms with E-state index in [9.17, 15) is 0 Å². The third kappa shape index (κ3) is 10.5. The van der Waals surface area contributed by atoms with Gasteiger partial charge in [-0.2, -0.15) is 0 Å². The van der Waals surface area contributed by atoms with Crippen molar-refractivity contribution < 1.29 is 0 Å². The number of rotatable bonds is 8. The molecule has 0 bridgehead atoms. The number of nitrogens with zero attached hydrogens (tertiary/aromatic N) is 2. The quantitative estimate of drug-likeness (QED) is 0.150. The molecule has 2 heteroatoms. The molecular formula is C118H98N2. The summed E-state index contributed by atoms with van der Waals surface area (Å²) in [4.78, 5) is 5.18. The minimum atomic E-state index is -0.445. The number of benzene rings is 16. The van der Waals surface area contributed by atoms with Crippen LogP contribution in [0, 0.1) is 27.7 Å². The van der Waals surface area contributed by atoms with E-state index >= 15 is 0 Å². The van der Waals surface area contributed by atoms with Gasteiger partial charge in [0.25, 0.3) is 0 Å². The molecular weight excluding hydrogens is 1450 g/mol. The van der Waals surface area contributed by atoms with E-state index in [1.165, 1.54) is 262 Å². The Balaban J connectivity index is 0.000000140. The van der Waals surface area contributed by atoms with Gasteiger partial charge in [0.1, 0.15) is 0 Å². The van der Waals surface area contributed by atoms with Gasteiger partial charge in [-0.3, -0.25) is 0 Å². The van der Waals surface area contributed by atoms with Crippen molar-refractivity contribution in [2.24, 2.45) is 0 Å². The second-order valence-electron chi connectivity index (χ2n) is 36.6. The minimum Gasteiger partial charge on any atom is -0.310 e. The average molecular weight is 1540 g/mol. The van der Waals surface area contributed by atoms with Gasteiger partial charge in [0.15, 0.2) is 0 Å². The number of hydrogen-bond donors (Lipinski definition) is 0. The Hall–Kier alpha value is -12.9. The average Bonchev–Trinajstić information content (AvgIpc) is 1.51. The van der Waals surface area contributed by atoms with Crippen LogP contribution in [0.25, 0.3) is 77.9 Å². The van der Waals surface area contributed by atoms with E-state index in [-0.39, 0.29) is 10.8 Å². The van der Waals surface area contributed by atoms with Crippen molar-refractivity contribution in [3.63, 3.8) is 0 Å². The summed E-state index contributed by atoms with van der Waals surface area (Å²) in [5.41, 5.74) is 55.8. The lowest BCUT2D eigenvalue weighted by molar-refractivity contribution is 0.660. The molecule has 0 heterocycles. The second-order valence-corrected chi connectivity index (χ2v) is 36.6. The maximum atomic E-state index is 2.60. The zero-order valence-corrected chi connectivity index (χ0v) is 70.1. The van der Waals surface area contributed by atoms with Gasteiger partial charge < -0.3 is 9.80 Å². The lowest BCUT2D eigenvalue weighted by Gasteiger charge is -2.36. The predicted octanol–water partition coefficient (Wildman–Crippen LogP) is 30.1. The molecule has 2 spiro atoms. The van der Waals surface area contributed by atoms with Crippen molar-refractivity contribution in [3.05, 3.63) is 450 Å². The van der Waals surface area contributed by atoms with Gasteiger partial charge >= 0.3 is 0 Å². The van der Waals surface area contributed by atoms with Crippen LogP contribution in [0.2, 0.25) is 0 Å². The van der Waals surface area contributed by atoms with Crippen LogP contribution in [0.3, 0.4) is 0 Å². The molecule has 0 unspecified atom stereocenters. The minimum absolute atomic E-state index is 0.116. The van der Waals surface area contributed by atoms with Crippen LogP contribution in [-0.2, 0) is 60.2 Å². The molecule has 0 radical (unpaired) electrons. The molecule has 16 aromatic rings. The molecule has 0 amide bonds. The normalized spacial score (nSPS) is 15.6. The highest BCUT2D eigenvalue weighted by molar-refractivity contribution is 5.99. The van der Waals surface area contributed by atoms with Crippen molar-refractivity contribution in [3.8, 4) is 77.9 Å². The molecule has 8 aliphatic carbocycles. The second kappa shape index (κ2) is 27.3. The van der Waals surface area contributed by atoms with Crippen molar-refractivity contribution in [1.29, 1.82) is 0 Å². The number of hydrogen-bond acceptors (Lipinski definition) is 2. The predicted molar refractivity (Wildman–Crippen MR) is 501 cm³/mol. The van der Waals surface area contributed by atoms with E-state index in [2.05, 4.69) is 393 Å². The SMILES string of the molecule is Cc1cc(-c2cccc3c2CCCC3)cc(C)c1N(c1ccc2c(c1)C(C)(C)c1ccccc1-2)c1ccc2c(c1)C1(c3ccccc3-c3ccccc31)c1ccccc1-2.Cc1cc(-c2cccc3c2CCCC3)cc(C)c1N(c1ccc2c(c1)C(C)(C)c1ccccc1-2)c1ccc2c(c1)C1(c3ccccc3CCc3ccccc31)c1ccccc1-2. The maximum absolute atomic E-state index is 2.60. The molecule has 0 saturated heterocycles. The Morgan fingerprint density at radius 2 is 0.450 bits per heavy atom. The summed E-state index contributed by atoms with van der Waals surface area (Å²) in [6.45, 7) is 18.9. The molecule has 0 atom stereocenters. The van der Waals surface area contributed by atoms with Gasteiger partial charge in [0.05, 0.1) is 22.2 Å². The fourth-order valence-electron chi connectivity index (χ4n) is 24.3. The summed E-state index contributed by atoms with van der Waals surface area (Å²) >= 11 is 0. The van der Waals surface area contributed by atoms with Crippen LogP contribution in [0.4, 0.5) is 34.1 Å². The number of anilines is 6. The summed E-state index contributed by atoms with van der Waals surface area (Å²) in [5.74, 6) is 0. The van der Waals surface area contributed by atoms with E-state index < -0.39 is 10.8 Å². The van der Waals surface area contributed by atoms with Crippen LogP contribution in [0.5, 0.6) is 0 Å². The van der Waals surface area contributed by atoms with Gasteiger partial charge in [-0.1, -0.05) is 282 Å². The molecule has 8 aliphatic rings. The van der Waals surface area contributed by atoms with E-state index in [0.717, 1.165) is 25.7 Å². The molecule has 120 heavy (non-hydrogen) atoms. The lowest BCUT2D eigenvalue weighted by Crippen LogP contribution is -2.30. The highest BCUT2D eigenvalue weighted by Crippen LogP contribution is 2.65. The fourth-order valence-corrected chi connectivity index (χ4v) is 24.3. The zero-order chi connectivity index (χ0) is 80.7. The molecule has 24 rings (SSSR count). The van der Waals surface area contributed by atoms with Crippen LogP contribution < -0.4 is 9.80 Å². The van der Waals surface area contributed by atoms with Crippen LogP contribution in [-0.4, -0.2) is 0 Å². The summed E-state index contributed by atoms with van der Waals surface area (Å²) in [6, 6.07) is 126. The van der Waals surface area contributed by atoms with Crippen LogP contribution in [0.15, 0.2) is 328 Å². The number of fused-ring (bicyclic) bond motifs is 27. The topological polar surface area (TPSA) is 6.48 Å². The highest BCUT2D eigenvalue weighted by Gasteiger charge is 2.53. The maximum Gasteiger partial charge on any atom is 0.0726 e. The third-order valence-corrected chi connectivity index (χ3v) is 29.5. The lowest BCUT2D eigenvalue weighted by atomic mass is 9.66. The molecule has 0 aliphatic heterocycles. The fraction of sp³-hybridized carbons (Fsp3) is 0.186. The zero-order valence-electron chi connectivity index (χ0n) is 70.1. The van der Waals surface area contributed by atoms with Gasteiger partial charge in [-0.15, -0.1) is 0 Å². The van der Waals surface area contributed by atoms with Gasteiger partial charge in [-0.25, -0.2) is 0 Å². The Morgan fingerprint density at radius 1 is 0.200 bits per heavy atom. The summed E-state index contributed by atoms with van der Waals surface area (Å²) in [7, 11) is 0. The smallest absolute Gasteiger partial charge is 0.0726 e. The molecule has 0 fully saturated rings. The standard InChI is InChI=1S/C60H51N.C58H47N/c1-38-34-43(47-23-15-19-40-16-5-8-20-46(40)47)35-39(2)58(38)61(44-30-32-50-48-21-9-13-26-54(48)59(3,4)56(50)36-44)45-31-33-51-49-22-10-14-27-55(49)60(57(51)37-45)52-24-11-6-17-41(52)28-29-42-18-7-12-25-53(42)60;1-36-32-39(43-23-15-17-38-16-5-6-18-42(38)43)33-37(2)56(36)59(40-28-30-48-44-19-7-11-24-50(44)57(3,4)54(48)34-40)41-29-31-49-47-22-10-14-27-53(47)58(55(49)35-41)51-25-12-8-20-45(51)46-21-9-13-26-52(46)58/h6-7,9-15,17-19,21-27,30-37H,5,8,16,20,28-29H2,1-4H3;7-15,17,19-35H,5-6,16,18H2,1-4H3. The first-order chi connectivity index (χ1) is 58.7. The summed E-state index contributed by atoms with van der Waals surface area (Å²) in [6.07, 6.45) is 11.9. The number of aryl methyl sites for hydroxylation is 8. The van der Waals surface area contributed by atoms with Crippen LogP contribution >= 0.6 is 0 Å². The van der Waals surface area contributed by atoms with Gasteiger partial charge in [0, 0.05) is 33.6 Å². The molecule has 580 valence electrons. The van der Waals surface area contributed by atoms with Crippen molar-refractivity contribution >= 4 is 34.1 Å². The first-order valence-corrected chi connectivity index (χ1v) is 44.1. The van der Waals surface area contributed by atoms with E-state index in [1.807, 2.05) is 0 Å². The van der Waals surface area contributed by atoms with Crippen molar-refractivity contribution in [2.45, 2.75) is 141 Å². The molecule has 0 aromatic heterocycles. The van der Waals surface area contributed by atoms with E-state index in [4.69, 9.17) is 0 Å². The van der Waals surface area contributed by atoms with Crippen molar-refractivity contribution in [1.82, 2.24) is 0 Å². The molecule has 2 nitrogen and oxygen atoms in total. The van der Waals surface area contributed by atoms with Crippen molar-refractivity contribution in [2.75, 3.05) is 9.80 Å².